The van der Waals surface area contributed by atoms with Gasteiger partial charge in [0.25, 0.3) is 5.91 Å². The minimum Gasteiger partial charge on any atom is -0.481 e. The van der Waals surface area contributed by atoms with E-state index in [9.17, 15) is 24.6 Å². The van der Waals surface area contributed by atoms with Crippen LogP contribution in [0.1, 0.15) is 34.8 Å². The number of carbonyl (C=O) groups is 3. The molecule has 1 atom stereocenters. The van der Waals surface area contributed by atoms with Gasteiger partial charge in [0.05, 0.1) is 5.92 Å². The lowest BCUT2D eigenvalue weighted by molar-refractivity contribution is -0.146. The maximum atomic E-state index is 12.5. The van der Waals surface area contributed by atoms with Gasteiger partial charge in [0.1, 0.15) is 6.04 Å². The van der Waals surface area contributed by atoms with E-state index in [2.05, 4.69) is 10.3 Å². The third-order valence-electron chi connectivity index (χ3n) is 5.78. The van der Waals surface area contributed by atoms with Crippen LogP contribution in [0.4, 0.5) is 5.69 Å². The average Bonchev–Trinajstić information content (AvgIpc) is 3.17. The maximum absolute atomic E-state index is 12.5. The molecule has 0 radical (unpaired) electrons. The highest BCUT2D eigenvalue weighted by atomic mass is 16.4. The number of benzene rings is 2. The molecule has 2 heterocycles. The number of fused-ring (bicyclic) bond motifs is 1. The molecule has 1 aromatic heterocycles. The molecule has 1 saturated heterocycles. The van der Waals surface area contributed by atoms with E-state index in [4.69, 9.17) is 0 Å². The van der Waals surface area contributed by atoms with Gasteiger partial charge in [0, 0.05) is 47.0 Å². The van der Waals surface area contributed by atoms with E-state index >= 15 is 0 Å². The third-order valence-corrected chi connectivity index (χ3v) is 5.78. The molecule has 0 spiro atoms. The summed E-state index contributed by atoms with van der Waals surface area (Å²) in [4.78, 5) is 40.8. The number of aromatic amines is 1. The van der Waals surface area contributed by atoms with Gasteiger partial charge in [-0.15, -0.1) is 0 Å². The van der Waals surface area contributed by atoms with Crippen molar-refractivity contribution < 1.29 is 24.6 Å². The Balaban J connectivity index is 1.60. The molecule has 0 aliphatic carbocycles. The highest BCUT2D eigenvalue weighted by Crippen LogP contribution is 2.33. The van der Waals surface area contributed by atoms with Gasteiger partial charge in [-0.3, -0.25) is 19.3 Å². The van der Waals surface area contributed by atoms with Gasteiger partial charge in [-0.1, -0.05) is 18.2 Å². The first-order chi connectivity index (χ1) is 14.9. The number of amides is 1. The number of hydrogen-bond donors (Lipinski definition) is 4. The van der Waals surface area contributed by atoms with Crippen molar-refractivity contribution in [3.63, 3.8) is 0 Å². The Kier molecular flexibility index (Phi) is 5.73. The zero-order valence-electron chi connectivity index (χ0n) is 16.7. The molecule has 160 valence electrons. The van der Waals surface area contributed by atoms with E-state index in [0.29, 0.717) is 48.1 Å². The maximum Gasteiger partial charge on any atom is 0.325 e. The molecular weight excluding hydrogens is 398 g/mol. The molecule has 1 aliphatic heterocycles. The summed E-state index contributed by atoms with van der Waals surface area (Å²) in [5.74, 6) is -2.51. The lowest BCUT2D eigenvalue weighted by Gasteiger charge is -2.34. The zero-order chi connectivity index (χ0) is 22.0. The van der Waals surface area contributed by atoms with E-state index in [1.807, 2.05) is 6.07 Å². The molecule has 1 amide bonds. The van der Waals surface area contributed by atoms with E-state index in [-0.39, 0.29) is 5.91 Å². The van der Waals surface area contributed by atoms with Gasteiger partial charge in [0.15, 0.2) is 0 Å². The predicted molar refractivity (Wildman–Crippen MR) is 115 cm³/mol. The fourth-order valence-corrected chi connectivity index (χ4v) is 4.13. The normalized spacial score (nSPS) is 16.1. The number of anilines is 1. The number of H-pyrrole nitrogens is 1. The summed E-state index contributed by atoms with van der Waals surface area (Å²) >= 11 is 0. The Morgan fingerprint density at radius 3 is 2.39 bits per heavy atom. The molecule has 0 bridgehead atoms. The number of carboxylic acids is 2. The van der Waals surface area contributed by atoms with Crippen LogP contribution >= 0.6 is 0 Å². The molecule has 0 unspecified atom stereocenters. The number of nitrogens with one attached hydrogen (secondary N) is 2. The molecule has 0 saturated carbocycles. The van der Waals surface area contributed by atoms with E-state index in [0.717, 1.165) is 5.52 Å². The highest BCUT2D eigenvalue weighted by Gasteiger charge is 2.34. The Morgan fingerprint density at radius 2 is 1.74 bits per heavy atom. The minimum atomic E-state index is -0.992. The predicted octanol–water partition coefficient (Wildman–Crippen LogP) is 3.34. The van der Waals surface area contributed by atoms with Crippen molar-refractivity contribution in [1.29, 1.82) is 0 Å². The van der Waals surface area contributed by atoms with Crippen LogP contribution in [0.15, 0.2) is 54.7 Å². The van der Waals surface area contributed by atoms with Crippen LogP contribution in [-0.4, -0.2) is 51.0 Å². The molecule has 31 heavy (non-hydrogen) atoms. The fourth-order valence-electron chi connectivity index (χ4n) is 4.13. The van der Waals surface area contributed by atoms with Crippen molar-refractivity contribution in [1.82, 2.24) is 9.88 Å². The van der Waals surface area contributed by atoms with Crippen molar-refractivity contribution >= 4 is 34.4 Å². The first-order valence-electron chi connectivity index (χ1n) is 10.1. The van der Waals surface area contributed by atoms with Crippen LogP contribution in [-0.2, 0) is 9.59 Å². The molecule has 4 N–H and O–H groups in total. The monoisotopic (exact) mass is 421 g/mol. The molecular formula is C23H23N3O5. The second-order valence-corrected chi connectivity index (χ2v) is 7.71. The van der Waals surface area contributed by atoms with Gasteiger partial charge in [0.2, 0.25) is 0 Å². The van der Waals surface area contributed by atoms with Gasteiger partial charge in [-0.25, -0.2) is 0 Å². The third kappa shape index (κ3) is 4.29. The van der Waals surface area contributed by atoms with Crippen molar-refractivity contribution in [3.8, 4) is 0 Å². The number of carbonyl (C=O) groups excluding carboxylic acids is 1. The van der Waals surface area contributed by atoms with Crippen molar-refractivity contribution in [2.75, 3.05) is 18.4 Å². The van der Waals surface area contributed by atoms with Crippen molar-refractivity contribution in [2.45, 2.75) is 18.9 Å². The number of aromatic nitrogens is 1. The number of piperidine rings is 1. The topological polar surface area (TPSA) is 123 Å². The van der Waals surface area contributed by atoms with Crippen LogP contribution in [0.25, 0.3) is 10.9 Å². The summed E-state index contributed by atoms with van der Waals surface area (Å²) in [6, 6.07) is 13.3. The summed E-state index contributed by atoms with van der Waals surface area (Å²) in [6.45, 7) is 0.788. The molecule has 1 aliphatic rings. The van der Waals surface area contributed by atoms with E-state index < -0.39 is 23.9 Å². The first kappa shape index (κ1) is 20.6. The van der Waals surface area contributed by atoms with Crippen LogP contribution in [0.3, 0.4) is 0 Å². The Labute approximate surface area is 178 Å². The largest absolute Gasteiger partial charge is 0.481 e. The summed E-state index contributed by atoms with van der Waals surface area (Å²) in [7, 11) is 0. The lowest BCUT2D eigenvalue weighted by Crippen LogP contribution is -2.41. The smallest absolute Gasteiger partial charge is 0.325 e. The SMILES string of the molecule is O=C(Nc1ccc2[nH]cc([C@H](C(=O)O)N3CCC(C(=O)O)CC3)c2c1)c1ccccc1. The van der Waals surface area contributed by atoms with Gasteiger partial charge >= 0.3 is 11.9 Å². The highest BCUT2D eigenvalue weighted by molar-refractivity contribution is 6.05. The van der Waals surface area contributed by atoms with Crippen LogP contribution < -0.4 is 5.32 Å². The van der Waals surface area contributed by atoms with Crippen LogP contribution in [0.5, 0.6) is 0 Å². The summed E-state index contributed by atoms with van der Waals surface area (Å²) < 4.78 is 0. The van der Waals surface area contributed by atoms with Gasteiger partial charge in [-0.2, -0.15) is 0 Å². The Hall–Kier alpha value is -3.65. The molecule has 8 heteroatoms. The number of likely N-dealkylation sites (tertiary alicyclic amines) is 1. The van der Waals surface area contributed by atoms with Crippen LogP contribution in [0, 0.1) is 5.92 Å². The number of rotatable bonds is 6. The first-order valence-corrected chi connectivity index (χ1v) is 10.1. The van der Waals surface area contributed by atoms with Gasteiger partial charge < -0.3 is 20.5 Å². The second-order valence-electron chi connectivity index (χ2n) is 7.71. The second kappa shape index (κ2) is 8.61. The summed E-state index contributed by atoms with van der Waals surface area (Å²) in [6.07, 6.45) is 2.51. The number of aliphatic carboxylic acids is 2. The van der Waals surface area contributed by atoms with E-state index in [1.165, 1.54) is 0 Å². The van der Waals surface area contributed by atoms with Gasteiger partial charge in [-0.05, 0) is 43.2 Å². The standard InChI is InChI=1S/C23H23N3O5/c27-21(14-4-2-1-3-5-14)25-16-6-7-19-17(12-16)18(13-24-19)20(23(30)31)26-10-8-15(9-11-26)22(28)29/h1-7,12-13,15,20,24H,8-11H2,(H,25,27)(H,28,29)(H,30,31)/t20-/m1/s1. The fraction of sp³-hybridized carbons (Fsp3) is 0.261. The lowest BCUT2D eigenvalue weighted by atomic mass is 9.94. The number of carboxylic acid groups (broad SMARTS) is 2. The molecule has 1 fully saturated rings. The van der Waals surface area contributed by atoms with E-state index in [1.54, 1.807) is 53.6 Å². The Bertz CT molecular complexity index is 1120. The Morgan fingerprint density at radius 1 is 1.03 bits per heavy atom. The van der Waals surface area contributed by atoms with Crippen LogP contribution in [0.2, 0.25) is 0 Å². The molecule has 8 nitrogen and oxygen atoms in total. The van der Waals surface area contributed by atoms with Crippen molar-refractivity contribution in [3.05, 3.63) is 65.9 Å². The summed E-state index contributed by atoms with van der Waals surface area (Å²) in [5, 5.41) is 22.7. The number of nitrogens with zero attached hydrogens (tertiary/aromatic N) is 1. The van der Waals surface area contributed by atoms with Crippen molar-refractivity contribution in [2.24, 2.45) is 5.92 Å². The minimum absolute atomic E-state index is 0.248. The molecule has 3 aromatic rings. The molecule has 4 rings (SSSR count). The zero-order valence-corrected chi connectivity index (χ0v) is 16.7. The molecule has 2 aromatic carbocycles. The quantitative estimate of drug-likeness (QED) is 0.484. The average molecular weight is 421 g/mol. The summed E-state index contributed by atoms with van der Waals surface area (Å²) in [5.41, 5.74) is 2.45. The number of hydrogen-bond acceptors (Lipinski definition) is 4.